The van der Waals surface area contributed by atoms with Crippen LogP contribution in [0.2, 0.25) is 0 Å². The first-order valence-corrected chi connectivity index (χ1v) is 6.01. The van der Waals surface area contributed by atoms with Crippen molar-refractivity contribution in [2.45, 2.75) is 33.4 Å². The van der Waals surface area contributed by atoms with E-state index >= 15 is 0 Å². The van der Waals surface area contributed by atoms with Gasteiger partial charge in [0.25, 0.3) is 0 Å². The van der Waals surface area contributed by atoms with Gasteiger partial charge in [0, 0.05) is 23.7 Å². The molecule has 0 radical (unpaired) electrons. The number of hydrogen-bond donors (Lipinski definition) is 0. The van der Waals surface area contributed by atoms with Gasteiger partial charge in [-0.25, -0.2) is 4.39 Å². The summed E-state index contributed by atoms with van der Waals surface area (Å²) in [5, 5.41) is 0.938. The van der Waals surface area contributed by atoms with Gasteiger partial charge in [0.2, 0.25) is 0 Å². The van der Waals surface area contributed by atoms with Crippen molar-refractivity contribution in [1.29, 1.82) is 0 Å². The van der Waals surface area contributed by atoms with E-state index in [-0.39, 0.29) is 11.9 Å². The maximum Gasteiger partial charge on any atom is 0.147 e. The number of nitrogens with zero attached hydrogens (tertiary/aromatic N) is 1. The molecule has 0 bridgehead atoms. The van der Waals surface area contributed by atoms with Crippen molar-refractivity contribution >= 4 is 10.9 Å². The number of fused-ring (bicyclic) bond motifs is 1. The Balaban J connectivity index is 2.59. The molecule has 3 heteroatoms. The van der Waals surface area contributed by atoms with Gasteiger partial charge in [-0.15, -0.1) is 0 Å². The summed E-state index contributed by atoms with van der Waals surface area (Å²) in [6.45, 7) is 7.27. The molecule has 2 rings (SSSR count). The largest absolute Gasteiger partial charge is 0.376 e. The first kappa shape index (κ1) is 12.1. The molecule has 0 unspecified atom stereocenters. The number of hydrogen-bond acceptors (Lipinski definition) is 1. The number of para-hydroxylation sites is 1. The molecular formula is C14H18FNO. The lowest BCUT2D eigenvalue weighted by molar-refractivity contribution is 0.128. The molecule has 1 aromatic carbocycles. The number of halogens is 1. The Hall–Kier alpha value is -1.35. The third-order valence-electron chi connectivity index (χ3n) is 2.86. The Morgan fingerprint density at radius 3 is 2.76 bits per heavy atom. The second-order valence-corrected chi connectivity index (χ2v) is 4.41. The lowest BCUT2D eigenvalue weighted by Gasteiger charge is -2.14. The molecule has 0 amide bonds. The van der Waals surface area contributed by atoms with E-state index in [1.54, 1.807) is 6.07 Å². The highest BCUT2D eigenvalue weighted by molar-refractivity contribution is 5.82. The molecular weight excluding hydrogens is 217 g/mol. The monoisotopic (exact) mass is 235 g/mol. The van der Waals surface area contributed by atoms with Crippen LogP contribution in [0.5, 0.6) is 0 Å². The summed E-state index contributed by atoms with van der Waals surface area (Å²) in [4.78, 5) is 0. The summed E-state index contributed by atoms with van der Waals surface area (Å²) >= 11 is 0. The first-order chi connectivity index (χ1) is 8.15. The maximum absolute atomic E-state index is 13.9. The standard InChI is InChI=1S/C14H18FNO/c1-4-17-9-12-8-11-6-5-7-13(15)14(11)16(12)10(2)3/h5-8,10H,4,9H2,1-3H3. The van der Waals surface area contributed by atoms with Gasteiger partial charge in [0.15, 0.2) is 0 Å². The van der Waals surface area contributed by atoms with E-state index in [4.69, 9.17) is 4.74 Å². The van der Waals surface area contributed by atoms with Gasteiger partial charge < -0.3 is 9.30 Å². The second-order valence-electron chi connectivity index (χ2n) is 4.41. The molecule has 0 spiro atoms. The Bertz CT molecular complexity index is 516. The van der Waals surface area contributed by atoms with Crippen molar-refractivity contribution in [1.82, 2.24) is 4.57 Å². The van der Waals surface area contributed by atoms with Crippen LogP contribution >= 0.6 is 0 Å². The Morgan fingerprint density at radius 2 is 2.12 bits per heavy atom. The predicted octanol–water partition coefficient (Wildman–Crippen LogP) is 3.90. The summed E-state index contributed by atoms with van der Waals surface area (Å²) in [7, 11) is 0. The van der Waals surface area contributed by atoms with Crippen LogP contribution in [-0.2, 0) is 11.3 Å². The van der Waals surface area contributed by atoms with Crippen LogP contribution in [-0.4, -0.2) is 11.2 Å². The smallest absolute Gasteiger partial charge is 0.147 e. The highest BCUT2D eigenvalue weighted by Crippen LogP contribution is 2.26. The topological polar surface area (TPSA) is 14.2 Å². The summed E-state index contributed by atoms with van der Waals surface area (Å²) < 4.78 is 21.3. The minimum Gasteiger partial charge on any atom is -0.376 e. The number of ether oxygens (including phenoxy) is 1. The van der Waals surface area contributed by atoms with Crippen molar-refractivity contribution in [2.75, 3.05) is 6.61 Å². The fourth-order valence-corrected chi connectivity index (χ4v) is 2.20. The van der Waals surface area contributed by atoms with Crippen LogP contribution in [0.3, 0.4) is 0 Å². The van der Waals surface area contributed by atoms with Gasteiger partial charge in [-0.05, 0) is 32.9 Å². The van der Waals surface area contributed by atoms with Crippen LogP contribution in [0, 0.1) is 5.82 Å². The van der Waals surface area contributed by atoms with Gasteiger partial charge in [-0.2, -0.15) is 0 Å². The van der Waals surface area contributed by atoms with Crippen molar-refractivity contribution < 1.29 is 9.13 Å². The number of rotatable bonds is 4. The number of aromatic nitrogens is 1. The van der Waals surface area contributed by atoms with E-state index in [0.717, 1.165) is 11.1 Å². The highest BCUT2D eigenvalue weighted by Gasteiger charge is 2.14. The summed E-state index contributed by atoms with van der Waals surface area (Å²) in [5.74, 6) is -0.168. The van der Waals surface area contributed by atoms with Crippen LogP contribution < -0.4 is 0 Å². The molecule has 17 heavy (non-hydrogen) atoms. The van der Waals surface area contributed by atoms with Crippen LogP contribution in [0.4, 0.5) is 4.39 Å². The van der Waals surface area contributed by atoms with Gasteiger partial charge in [0.05, 0.1) is 12.1 Å². The van der Waals surface area contributed by atoms with Crippen molar-refractivity contribution in [3.05, 3.63) is 35.8 Å². The third-order valence-corrected chi connectivity index (χ3v) is 2.86. The maximum atomic E-state index is 13.9. The normalized spacial score (nSPS) is 11.6. The van der Waals surface area contributed by atoms with Crippen molar-refractivity contribution in [3.8, 4) is 0 Å². The summed E-state index contributed by atoms with van der Waals surface area (Å²) in [6, 6.07) is 7.42. The molecule has 1 heterocycles. The van der Waals surface area contributed by atoms with Gasteiger partial charge >= 0.3 is 0 Å². The summed E-state index contributed by atoms with van der Waals surface area (Å²) in [6.07, 6.45) is 0. The molecule has 0 saturated carbocycles. The van der Waals surface area contributed by atoms with Crippen molar-refractivity contribution in [2.24, 2.45) is 0 Å². The fraction of sp³-hybridized carbons (Fsp3) is 0.429. The molecule has 0 aliphatic carbocycles. The van der Waals surface area contributed by atoms with E-state index < -0.39 is 0 Å². The Morgan fingerprint density at radius 1 is 1.35 bits per heavy atom. The lowest BCUT2D eigenvalue weighted by atomic mass is 10.2. The molecule has 0 atom stereocenters. The Labute approximate surface area is 101 Å². The van der Waals surface area contributed by atoms with E-state index in [1.807, 2.05) is 23.6 Å². The molecule has 0 aliphatic heterocycles. The lowest BCUT2D eigenvalue weighted by Crippen LogP contribution is -2.07. The van der Waals surface area contributed by atoms with Gasteiger partial charge in [0.1, 0.15) is 5.82 Å². The van der Waals surface area contributed by atoms with Crippen LogP contribution in [0.1, 0.15) is 32.5 Å². The average molecular weight is 235 g/mol. The van der Waals surface area contributed by atoms with Crippen LogP contribution in [0.15, 0.2) is 24.3 Å². The molecule has 0 fully saturated rings. The van der Waals surface area contributed by atoms with Crippen molar-refractivity contribution in [3.63, 3.8) is 0 Å². The zero-order chi connectivity index (χ0) is 12.4. The minimum atomic E-state index is -0.168. The zero-order valence-electron chi connectivity index (χ0n) is 10.5. The third kappa shape index (κ3) is 2.20. The molecule has 0 aliphatic rings. The Kier molecular flexibility index (Phi) is 3.48. The number of benzene rings is 1. The molecule has 0 saturated heterocycles. The minimum absolute atomic E-state index is 0.168. The van der Waals surface area contributed by atoms with E-state index in [0.29, 0.717) is 18.7 Å². The highest BCUT2D eigenvalue weighted by atomic mass is 19.1. The second kappa shape index (κ2) is 4.88. The molecule has 0 N–H and O–H groups in total. The SMILES string of the molecule is CCOCc1cc2cccc(F)c2n1C(C)C. The molecule has 92 valence electrons. The quantitative estimate of drug-likeness (QED) is 0.784. The molecule has 2 aromatic rings. The van der Waals surface area contributed by atoms with E-state index in [9.17, 15) is 4.39 Å². The molecule has 1 aromatic heterocycles. The first-order valence-electron chi connectivity index (χ1n) is 6.01. The summed E-state index contributed by atoms with van der Waals surface area (Å²) in [5.41, 5.74) is 1.71. The zero-order valence-corrected chi connectivity index (χ0v) is 10.5. The van der Waals surface area contributed by atoms with E-state index in [1.165, 1.54) is 6.07 Å². The van der Waals surface area contributed by atoms with Gasteiger partial charge in [-0.3, -0.25) is 0 Å². The van der Waals surface area contributed by atoms with Crippen LogP contribution in [0.25, 0.3) is 10.9 Å². The molecule has 2 nitrogen and oxygen atoms in total. The van der Waals surface area contributed by atoms with E-state index in [2.05, 4.69) is 13.8 Å². The fourth-order valence-electron chi connectivity index (χ4n) is 2.20. The predicted molar refractivity (Wildman–Crippen MR) is 67.6 cm³/mol. The average Bonchev–Trinajstić information content (AvgIpc) is 2.66. The van der Waals surface area contributed by atoms with Gasteiger partial charge in [-0.1, -0.05) is 12.1 Å².